The summed E-state index contributed by atoms with van der Waals surface area (Å²) in [5, 5.41) is 9.92. The SMILES string of the molecule is CNC(=O)C(C)CN(C)c1nc(Cl)nnc1Cl. The number of carbonyl (C=O) groups is 1. The van der Waals surface area contributed by atoms with Gasteiger partial charge in [0, 0.05) is 20.6 Å². The molecule has 0 spiro atoms. The molecule has 17 heavy (non-hydrogen) atoms. The zero-order valence-electron chi connectivity index (χ0n) is 9.74. The van der Waals surface area contributed by atoms with E-state index in [2.05, 4.69) is 20.5 Å². The second-order valence-electron chi connectivity index (χ2n) is 3.59. The number of nitrogens with one attached hydrogen (secondary N) is 1. The maximum atomic E-state index is 11.4. The van der Waals surface area contributed by atoms with Crippen molar-refractivity contribution in [3.63, 3.8) is 0 Å². The van der Waals surface area contributed by atoms with Crippen molar-refractivity contribution in [2.75, 3.05) is 25.5 Å². The Kier molecular flexibility index (Phi) is 4.89. The third-order valence-electron chi connectivity index (χ3n) is 2.21. The number of halogens is 2. The van der Waals surface area contributed by atoms with Crippen molar-refractivity contribution in [2.45, 2.75) is 6.92 Å². The first kappa shape index (κ1) is 13.9. The van der Waals surface area contributed by atoms with E-state index in [0.717, 1.165) is 0 Å². The largest absolute Gasteiger partial charge is 0.359 e. The Morgan fingerprint density at radius 1 is 1.47 bits per heavy atom. The smallest absolute Gasteiger partial charge is 0.245 e. The summed E-state index contributed by atoms with van der Waals surface area (Å²) in [6, 6.07) is 0. The van der Waals surface area contributed by atoms with Crippen LogP contribution in [0.3, 0.4) is 0 Å². The molecule has 0 aliphatic rings. The predicted molar refractivity (Wildman–Crippen MR) is 66.3 cm³/mol. The van der Waals surface area contributed by atoms with Crippen LogP contribution < -0.4 is 10.2 Å². The summed E-state index contributed by atoms with van der Waals surface area (Å²) < 4.78 is 0. The van der Waals surface area contributed by atoms with Gasteiger partial charge in [-0.3, -0.25) is 4.79 Å². The van der Waals surface area contributed by atoms with Crippen molar-refractivity contribution in [1.29, 1.82) is 0 Å². The summed E-state index contributed by atoms with van der Waals surface area (Å²) in [5.41, 5.74) is 0. The van der Waals surface area contributed by atoms with E-state index in [1.165, 1.54) is 0 Å². The van der Waals surface area contributed by atoms with E-state index in [-0.39, 0.29) is 22.3 Å². The molecule has 0 saturated carbocycles. The molecule has 1 unspecified atom stereocenters. The average molecular weight is 278 g/mol. The van der Waals surface area contributed by atoms with Crippen LogP contribution in [0.2, 0.25) is 10.4 Å². The van der Waals surface area contributed by atoms with Gasteiger partial charge in [-0.25, -0.2) is 0 Å². The number of rotatable bonds is 4. The standard InChI is InChI=1S/C9H13Cl2N5O/c1-5(8(17)12-2)4-16(3)7-6(10)14-15-9(11)13-7/h5H,4H2,1-3H3,(H,12,17). The Morgan fingerprint density at radius 2 is 2.12 bits per heavy atom. The number of aromatic nitrogens is 3. The lowest BCUT2D eigenvalue weighted by molar-refractivity contribution is -0.123. The fourth-order valence-corrected chi connectivity index (χ4v) is 1.70. The second kappa shape index (κ2) is 5.97. The molecule has 1 heterocycles. The van der Waals surface area contributed by atoms with E-state index in [0.29, 0.717) is 12.4 Å². The average Bonchev–Trinajstić information content (AvgIpc) is 2.30. The minimum absolute atomic E-state index is 0.0175. The molecule has 0 bridgehead atoms. The van der Waals surface area contributed by atoms with Gasteiger partial charge in [0.2, 0.25) is 11.2 Å². The van der Waals surface area contributed by atoms with Crippen molar-refractivity contribution >= 4 is 34.9 Å². The first-order valence-corrected chi connectivity index (χ1v) is 5.69. The van der Waals surface area contributed by atoms with Crippen LogP contribution in [-0.2, 0) is 4.79 Å². The summed E-state index contributed by atoms with van der Waals surface area (Å²) in [6.07, 6.45) is 0. The van der Waals surface area contributed by atoms with Crippen LogP contribution in [0.4, 0.5) is 5.82 Å². The molecule has 94 valence electrons. The predicted octanol–water partition coefficient (Wildman–Crippen LogP) is 0.997. The quantitative estimate of drug-likeness (QED) is 0.889. The lowest BCUT2D eigenvalue weighted by atomic mass is 10.1. The molecule has 1 N–H and O–H groups in total. The molecule has 0 aliphatic heterocycles. The van der Waals surface area contributed by atoms with Gasteiger partial charge in [0.1, 0.15) is 0 Å². The molecule has 0 radical (unpaired) electrons. The van der Waals surface area contributed by atoms with Gasteiger partial charge in [0.15, 0.2) is 11.0 Å². The number of amides is 1. The van der Waals surface area contributed by atoms with E-state index in [9.17, 15) is 4.79 Å². The van der Waals surface area contributed by atoms with Crippen LogP contribution >= 0.6 is 23.2 Å². The Bertz CT molecular complexity index is 414. The topological polar surface area (TPSA) is 71.0 Å². The molecule has 0 aromatic carbocycles. The molecule has 1 rings (SSSR count). The van der Waals surface area contributed by atoms with E-state index in [1.807, 2.05) is 0 Å². The molecule has 0 aliphatic carbocycles. The third-order valence-corrected chi connectivity index (χ3v) is 2.61. The van der Waals surface area contributed by atoms with Gasteiger partial charge < -0.3 is 10.2 Å². The molecule has 6 nitrogen and oxygen atoms in total. The van der Waals surface area contributed by atoms with Gasteiger partial charge in [-0.1, -0.05) is 18.5 Å². The molecular formula is C9H13Cl2N5O. The van der Waals surface area contributed by atoms with Crippen molar-refractivity contribution in [3.05, 3.63) is 10.4 Å². The van der Waals surface area contributed by atoms with E-state index < -0.39 is 0 Å². The Labute approximate surface area is 109 Å². The van der Waals surface area contributed by atoms with Gasteiger partial charge in [-0.2, -0.15) is 4.98 Å². The molecule has 0 fully saturated rings. The molecule has 1 atom stereocenters. The van der Waals surface area contributed by atoms with Gasteiger partial charge >= 0.3 is 0 Å². The van der Waals surface area contributed by atoms with Crippen LogP contribution in [0.25, 0.3) is 0 Å². The minimum atomic E-state index is -0.199. The van der Waals surface area contributed by atoms with Crippen molar-refractivity contribution < 1.29 is 4.79 Å². The summed E-state index contributed by atoms with van der Waals surface area (Å²) in [7, 11) is 3.35. The summed E-state index contributed by atoms with van der Waals surface area (Å²) in [5.74, 6) is 0.151. The van der Waals surface area contributed by atoms with Crippen LogP contribution in [0.1, 0.15) is 6.92 Å². The highest BCUT2D eigenvalue weighted by atomic mass is 35.5. The summed E-state index contributed by atoms with van der Waals surface area (Å²) >= 11 is 11.5. The highest BCUT2D eigenvalue weighted by molar-refractivity contribution is 6.32. The molecule has 8 heteroatoms. The van der Waals surface area contributed by atoms with Crippen LogP contribution in [-0.4, -0.2) is 41.7 Å². The molecule has 0 saturated heterocycles. The zero-order valence-corrected chi connectivity index (χ0v) is 11.2. The number of hydrogen-bond acceptors (Lipinski definition) is 5. The Hall–Kier alpha value is -1.14. The molecule has 1 amide bonds. The van der Waals surface area contributed by atoms with Gasteiger partial charge in [-0.15, -0.1) is 10.2 Å². The first-order valence-electron chi connectivity index (χ1n) is 4.94. The number of nitrogens with zero attached hydrogens (tertiary/aromatic N) is 4. The maximum Gasteiger partial charge on any atom is 0.245 e. The Morgan fingerprint density at radius 3 is 2.71 bits per heavy atom. The lowest BCUT2D eigenvalue weighted by Gasteiger charge is -2.21. The third kappa shape index (κ3) is 3.67. The first-order chi connectivity index (χ1) is 7.95. The van der Waals surface area contributed by atoms with Crippen LogP contribution in [0.15, 0.2) is 0 Å². The number of hydrogen-bond donors (Lipinski definition) is 1. The second-order valence-corrected chi connectivity index (χ2v) is 4.29. The van der Waals surface area contributed by atoms with E-state index >= 15 is 0 Å². The highest BCUT2D eigenvalue weighted by Crippen LogP contribution is 2.20. The van der Waals surface area contributed by atoms with Crippen molar-refractivity contribution in [1.82, 2.24) is 20.5 Å². The van der Waals surface area contributed by atoms with E-state index in [4.69, 9.17) is 23.2 Å². The van der Waals surface area contributed by atoms with Crippen LogP contribution in [0, 0.1) is 5.92 Å². The molecule has 1 aromatic rings. The zero-order chi connectivity index (χ0) is 13.0. The maximum absolute atomic E-state index is 11.4. The molecular weight excluding hydrogens is 265 g/mol. The van der Waals surface area contributed by atoms with Crippen LogP contribution in [0.5, 0.6) is 0 Å². The minimum Gasteiger partial charge on any atom is -0.359 e. The monoisotopic (exact) mass is 277 g/mol. The number of anilines is 1. The summed E-state index contributed by atoms with van der Waals surface area (Å²) in [6.45, 7) is 2.26. The fraction of sp³-hybridized carbons (Fsp3) is 0.556. The number of carbonyl (C=O) groups excluding carboxylic acids is 1. The highest BCUT2D eigenvalue weighted by Gasteiger charge is 2.17. The normalized spacial score (nSPS) is 12.1. The van der Waals surface area contributed by atoms with Crippen molar-refractivity contribution in [3.8, 4) is 0 Å². The lowest BCUT2D eigenvalue weighted by Crippen LogP contribution is -2.34. The molecule has 1 aromatic heterocycles. The van der Waals surface area contributed by atoms with Gasteiger partial charge in [0.25, 0.3) is 0 Å². The van der Waals surface area contributed by atoms with Gasteiger partial charge in [0.05, 0.1) is 5.92 Å². The summed E-state index contributed by atoms with van der Waals surface area (Å²) in [4.78, 5) is 17.1. The fourth-order valence-electron chi connectivity index (χ4n) is 1.36. The van der Waals surface area contributed by atoms with Gasteiger partial charge in [-0.05, 0) is 11.6 Å². The van der Waals surface area contributed by atoms with E-state index in [1.54, 1.807) is 25.9 Å². The van der Waals surface area contributed by atoms with Crippen molar-refractivity contribution in [2.24, 2.45) is 5.92 Å². The Balaban J connectivity index is 2.79.